The minimum absolute atomic E-state index is 2.33. The molecule has 0 bridgehead atoms. The summed E-state index contributed by atoms with van der Waals surface area (Å²) in [5, 5.41) is 6.48. The van der Waals surface area contributed by atoms with Crippen molar-refractivity contribution in [2.45, 2.75) is 11.6 Å². The van der Waals surface area contributed by atoms with Gasteiger partial charge < -0.3 is 9.90 Å². The van der Waals surface area contributed by atoms with E-state index < -0.39 is 17.5 Å². The van der Waals surface area contributed by atoms with Gasteiger partial charge in [0.2, 0.25) is 0 Å². The molecule has 0 aliphatic heterocycles. The summed E-state index contributed by atoms with van der Waals surface area (Å²) in [5.41, 5.74) is 0. The Morgan fingerprint density at radius 2 is 1.89 bits per heavy atom. The molecule has 0 aliphatic carbocycles. The number of rotatable bonds is 1. The van der Waals surface area contributed by atoms with Crippen LogP contribution in [0.2, 0.25) is 0 Å². The summed E-state index contributed by atoms with van der Waals surface area (Å²) in [6, 6.07) is 0. The lowest BCUT2D eigenvalue weighted by Crippen LogP contribution is -2.41. The van der Waals surface area contributed by atoms with Crippen LogP contribution in [0, 0.1) is 0 Å². The Labute approximate surface area is 53.2 Å². The average Bonchev–Trinajstić information content (AvgIpc) is 1.62. The summed E-state index contributed by atoms with van der Waals surface area (Å²) >= 11 is 4.30. The number of aliphatic carboxylic acids is 1. The minimum atomic E-state index is -4.92. The Morgan fingerprint density at radius 3 is 1.89 bits per heavy atom. The molecular weight excluding hydrogens is 160 g/mol. The van der Waals surface area contributed by atoms with Crippen LogP contribution in [0.1, 0.15) is 0 Å². The highest BCUT2D eigenvalue weighted by molar-refractivity contribution is 6.29. The van der Waals surface area contributed by atoms with Crippen molar-refractivity contribution in [1.82, 2.24) is 0 Å². The van der Waals surface area contributed by atoms with Gasteiger partial charge in [-0.3, -0.25) is 0 Å². The van der Waals surface area contributed by atoms with Gasteiger partial charge in [-0.25, -0.2) is 0 Å². The fourth-order valence-corrected chi connectivity index (χ4v) is 0.134. The van der Waals surface area contributed by atoms with Gasteiger partial charge in [0.25, 0.3) is 0 Å². The molecule has 6 heteroatoms. The van der Waals surface area contributed by atoms with Crippen molar-refractivity contribution < 1.29 is 23.1 Å². The van der Waals surface area contributed by atoms with Gasteiger partial charge in [0.1, 0.15) is 0 Å². The first-order valence-corrected chi connectivity index (χ1v) is 2.21. The van der Waals surface area contributed by atoms with Crippen LogP contribution in [0.5, 0.6) is 0 Å². The third kappa shape index (κ3) is 2.55. The summed E-state index contributed by atoms with van der Waals surface area (Å²) in [6.07, 6.45) is -4.92. The molecule has 0 saturated carbocycles. The van der Waals surface area contributed by atoms with E-state index in [0.29, 0.717) is 0 Å². The third-order valence-corrected chi connectivity index (χ3v) is 0.920. The van der Waals surface area contributed by atoms with Gasteiger partial charge in [-0.2, -0.15) is 13.2 Å². The second-order valence-corrected chi connectivity index (χ2v) is 1.66. The molecule has 0 radical (unpaired) electrons. The normalized spacial score (nSPS) is 15.1. The van der Waals surface area contributed by atoms with E-state index in [1.807, 2.05) is 0 Å². The van der Waals surface area contributed by atoms with Crippen molar-refractivity contribution in [3.8, 4) is 0 Å². The molecular formula is C3HClF3O2-. The number of carbonyl (C=O) groups excluding carboxylic acids is 1. The van der Waals surface area contributed by atoms with Crippen LogP contribution in [-0.2, 0) is 4.79 Å². The number of hydrogen-bond donors (Lipinski definition) is 0. The van der Waals surface area contributed by atoms with Gasteiger partial charge in [-0.05, 0) is 0 Å². The molecule has 0 aromatic heterocycles. The van der Waals surface area contributed by atoms with Gasteiger partial charge in [0, 0.05) is 0 Å². The number of carbonyl (C=O) groups is 1. The smallest absolute Gasteiger partial charge is 0.410 e. The van der Waals surface area contributed by atoms with Crippen molar-refractivity contribution in [2.24, 2.45) is 0 Å². The van der Waals surface area contributed by atoms with E-state index in [0.717, 1.165) is 0 Å². The molecule has 0 N–H and O–H groups in total. The molecule has 2 nitrogen and oxygen atoms in total. The molecule has 0 aliphatic rings. The maximum absolute atomic E-state index is 11.1. The van der Waals surface area contributed by atoms with E-state index in [4.69, 9.17) is 0 Å². The topological polar surface area (TPSA) is 40.1 Å². The first-order chi connectivity index (χ1) is 3.85. The van der Waals surface area contributed by atoms with Crippen molar-refractivity contribution in [3.05, 3.63) is 0 Å². The zero-order valence-electron chi connectivity index (χ0n) is 3.91. The lowest BCUT2D eigenvalue weighted by Gasteiger charge is -2.13. The predicted molar refractivity (Wildman–Crippen MR) is 20.7 cm³/mol. The largest absolute Gasteiger partial charge is 0.548 e. The highest BCUT2D eigenvalue weighted by atomic mass is 35.5. The zero-order valence-corrected chi connectivity index (χ0v) is 4.66. The second-order valence-electron chi connectivity index (χ2n) is 1.22. The fourth-order valence-electron chi connectivity index (χ4n) is 0.134. The molecule has 0 spiro atoms. The van der Waals surface area contributed by atoms with E-state index in [1.54, 1.807) is 0 Å². The molecule has 0 aromatic carbocycles. The maximum atomic E-state index is 11.1. The second kappa shape index (κ2) is 2.43. The number of carboxylic acids is 1. The van der Waals surface area contributed by atoms with Gasteiger partial charge in [-0.1, -0.05) is 0 Å². The lowest BCUT2D eigenvalue weighted by molar-refractivity contribution is -0.313. The van der Waals surface area contributed by atoms with Crippen molar-refractivity contribution in [1.29, 1.82) is 0 Å². The summed E-state index contributed by atoms with van der Waals surface area (Å²) in [5.74, 6) is -2.33. The van der Waals surface area contributed by atoms with Gasteiger partial charge in [-0.15, -0.1) is 11.6 Å². The van der Waals surface area contributed by atoms with E-state index in [1.165, 1.54) is 0 Å². The molecule has 0 fully saturated rings. The van der Waals surface area contributed by atoms with E-state index in [9.17, 15) is 23.1 Å². The van der Waals surface area contributed by atoms with Crippen LogP contribution in [0.3, 0.4) is 0 Å². The van der Waals surface area contributed by atoms with Crippen LogP contribution in [-0.4, -0.2) is 17.5 Å². The van der Waals surface area contributed by atoms with Gasteiger partial charge in [0.15, 0.2) is 5.38 Å². The monoisotopic (exact) mass is 161 g/mol. The molecule has 0 amide bonds. The number of carboxylic acid groups (broad SMARTS) is 1. The molecule has 0 rings (SSSR count). The summed E-state index contributed by atoms with van der Waals surface area (Å²) in [7, 11) is 0. The standard InChI is InChI=1S/C3H2ClF3O2/c4-1(2(8)9)3(5,6)7/h1H,(H,8,9)/p-1. The Kier molecular flexibility index (Phi) is 2.31. The Balaban J connectivity index is 4.04. The molecule has 54 valence electrons. The first kappa shape index (κ1) is 8.55. The highest BCUT2D eigenvalue weighted by Crippen LogP contribution is 2.23. The quantitative estimate of drug-likeness (QED) is 0.504. The van der Waals surface area contributed by atoms with Crippen LogP contribution >= 0.6 is 11.6 Å². The van der Waals surface area contributed by atoms with Crippen LogP contribution in [0.25, 0.3) is 0 Å². The lowest BCUT2D eigenvalue weighted by atomic mass is 10.4. The summed E-state index contributed by atoms with van der Waals surface area (Å²) in [6.45, 7) is 0. The minimum Gasteiger partial charge on any atom is -0.548 e. The highest BCUT2D eigenvalue weighted by Gasteiger charge is 2.39. The predicted octanol–water partition coefficient (Wildman–Crippen LogP) is -0.0940. The first-order valence-electron chi connectivity index (χ1n) is 1.77. The van der Waals surface area contributed by atoms with Crippen molar-refractivity contribution in [2.75, 3.05) is 0 Å². The Hall–Kier alpha value is -0.450. The number of halogens is 4. The molecule has 9 heavy (non-hydrogen) atoms. The maximum Gasteiger partial charge on any atom is 0.410 e. The van der Waals surface area contributed by atoms with Crippen molar-refractivity contribution >= 4 is 17.6 Å². The summed E-state index contributed by atoms with van der Waals surface area (Å²) in [4.78, 5) is 9.38. The zero-order chi connectivity index (χ0) is 7.65. The van der Waals surface area contributed by atoms with Crippen LogP contribution in [0.15, 0.2) is 0 Å². The number of alkyl halides is 4. The van der Waals surface area contributed by atoms with Gasteiger partial charge >= 0.3 is 6.18 Å². The molecule has 1 unspecified atom stereocenters. The average molecular weight is 161 g/mol. The molecule has 0 heterocycles. The molecule has 0 saturated heterocycles. The van der Waals surface area contributed by atoms with Gasteiger partial charge in [0.05, 0.1) is 5.97 Å². The fraction of sp³-hybridized carbons (Fsp3) is 0.667. The number of hydrogen-bond acceptors (Lipinski definition) is 2. The Bertz CT molecular complexity index is 121. The Morgan fingerprint density at radius 1 is 1.56 bits per heavy atom. The van der Waals surface area contributed by atoms with E-state index in [2.05, 4.69) is 11.6 Å². The van der Waals surface area contributed by atoms with Crippen LogP contribution in [0.4, 0.5) is 13.2 Å². The molecule has 0 aromatic rings. The van der Waals surface area contributed by atoms with Crippen LogP contribution < -0.4 is 5.11 Å². The van der Waals surface area contributed by atoms with Crippen molar-refractivity contribution in [3.63, 3.8) is 0 Å². The SMILES string of the molecule is O=C([O-])C(Cl)C(F)(F)F. The third-order valence-electron chi connectivity index (χ3n) is 0.494. The van der Waals surface area contributed by atoms with E-state index in [-0.39, 0.29) is 0 Å². The summed E-state index contributed by atoms with van der Waals surface area (Å²) < 4.78 is 33.4. The van der Waals surface area contributed by atoms with E-state index >= 15 is 0 Å². The molecule has 1 atom stereocenters.